The van der Waals surface area contributed by atoms with E-state index in [1.807, 2.05) is 12.3 Å². The van der Waals surface area contributed by atoms with E-state index in [1.54, 1.807) is 23.7 Å². The lowest BCUT2D eigenvalue weighted by atomic mass is 10.2. The molecule has 0 aliphatic carbocycles. The van der Waals surface area contributed by atoms with Gasteiger partial charge in [-0.05, 0) is 0 Å². The molecule has 1 unspecified atom stereocenters. The summed E-state index contributed by atoms with van der Waals surface area (Å²) in [5.41, 5.74) is 0.548. The van der Waals surface area contributed by atoms with E-state index in [4.69, 9.17) is 0 Å². The van der Waals surface area contributed by atoms with Crippen LogP contribution in [0.15, 0.2) is 24.0 Å². The van der Waals surface area contributed by atoms with Crippen LogP contribution in [0.25, 0.3) is 0 Å². The lowest BCUT2D eigenvalue weighted by molar-refractivity contribution is 0.0951. The van der Waals surface area contributed by atoms with E-state index < -0.39 is 0 Å². The quantitative estimate of drug-likeness (QED) is 0.843. The molecule has 2 N–H and O–H groups in total. The van der Waals surface area contributed by atoms with E-state index in [0.717, 1.165) is 5.01 Å². The summed E-state index contributed by atoms with van der Waals surface area (Å²) in [4.78, 5) is 15.8. The van der Waals surface area contributed by atoms with Crippen LogP contribution in [0.2, 0.25) is 0 Å². The minimum Gasteiger partial charge on any atom is -0.351 e. The summed E-state index contributed by atoms with van der Waals surface area (Å²) >= 11 is 1.60. The maximum Gasteiger partial charge on any atom is 0.254 e. The highest BCUT2D eigenvalue weighted by atomic mass is 32.1. The highest BCUT2D eigenvalue weighted by Crippen LogP contribution is 2.16. The van der Waals surface area contributed by atoms with Crippen LogP contribution in [-0.4, -0.2) is 27.6 Å². The molecule has 0 saturated heterocycles. The second-order valence-corrected chi connectivity index (χ2v) is 4.39. The average Bonchev–Trinajstić information content (AvgIpc) is 2.95. The summed E-state index contributed by atoms with van der Waals surface area (Å²) in [6.07, 6.45) is 4.85. The lowest BCUT2D eigenvalue weighted by Crippen LogP contribution is -2.27. The predicted molar refractivity (Wildman–Crippen MR) is 61.4 cm³/mol. The molecule has 0 aliphatic rings. The fraction of sp³-hybridized carbons (Fsp3) is 0.300. The molecule has 0 spiro atoms. The van der Waals surface area contributed by atoms with Gasteiger partial charge < -0.3 is 5.32 Å². The number of hydrogen-bond donors (Lipinski definition) is 2. The number of carbonyl (C=O) groups excluding carboxylic acids is 1. The number of aromatic nitrogens is 3. The molecule has 0 bridgehead atoms. The zero-order valence-corrected chi connectivity index (χ0v) is 9.62. The lowest BCUT2D eigenvalue weighted by Gasteiger charge is -2.08. The van der Waals surface area contributed by atoms with E-state index in [9.17, 15) is 4.79 Å². The Hall–Kier alpha value is -1.69. The van der Waals surface area contributed by atoms with E-state index in [2.05, 4.69) is 20.5 Å². The number of hydrogen-bond acceptors (Lipinski definition) is 4. The zero-order chi connectivity index (χ0) is 11.4. The molecule has 84 valence electrons. The fourth-order valence-electron chi connectivity index (χ4n) is 1.29. The fourth-order valence-corrected chi connectivity index (χ4v) is 1.99. The summed E-state index contributed by atoms with van der Waals surface area (Å²) in [5, 5.41) is 12.1. The van der Waals surface area contributed by atoms with Crippen molar-refractivity contribution in [1.29, 1.82) is 0 Å². The molecule has 0 saturated carbocycles. The van der Waals surface area contributed by atoms with Crippen LogP contribution in [0.5, 0.6) is 0 Å². The third kappa shape index (κ3) is 2.46. The number of amides is 1. The summed E-state index contributed by atoms with van der Waals surface area (Å²) < 4.78 is 0. The molecule has 5 nitrogen and oxygen atoms in total. The summed E-state index contributed by atoms with van der Waals surface area (Å²) in [5.74, 6) is 0.119. The number of H-pyrrole nitrogens is 1. The van der Waals surface area contributed by atoms with Crippen molar-refractivity contribution in [3.63, 3.8) is 0 Å². The standard InChI is InChI=1S/C10H12N4OS/c1-7(10-11-2-3-16-10)4-12-9(15)8-5-13-14-6-8/h2-3,5-7H,4H2,1H3,(H,12,15)(H,13,14). The maximum atomic E-state index is 11.6. The normalized spacial score (nSPS) is 12.3. The van der Waals surface area contributed by atoms with Gasteiger partial charge in [-0.15, -0.1) is 11.3 Å². The number of thiazole rings is 1. The van der Waals surface area contributed by atoms with Gasteiger partial charge in [0.2, 0.25) is 0 Å². The third-order valence-corrected chi connectivity index (χ3v) is 3.21. The molecular weight excluding hydrogens is 224 g/mol. The Balaban J connectivity index is 1.86. The molecule has 2 rings (SSSR count). The van der Waals surface area contributed by atoms with Crippen molar-refractivity contribution in [2.24, 2.45) is 0 Å². The molecule has 1 amide bonds. The summed E-state index contributed by atoms with van der Waals surface area (Å²) in [6, 6.07) is 0. The average molecular weight is 236 g/mol. The molecule has 0 aromatic carbocycles. The molecule has 0 fully saturated rings. The Kier molecular flexibility index (Phi) is 3.31. The Morgan fingerprint density at radius 1 is 1.69 bits per heavy atom. The van der Waals surface area contributed by atoms with Crippen LogP contribution >= 0.6 is 11.3 Å². The first-order valence-electron chi connectivity index (χ1n) is 4.93. The minimum atomic E-state index is -0.114. The molecule has 2 heterocycles. The number of nitrogens with one attached hydrogen (secondary N) is 2. The third-order valence-electron chi connectivity index (χ3n) is 2.20. The van der Waals surface area contributed by atoms with Gasteiger partial charge in [0.15, 0.2) is 0 Å². The summed E-state index contributed by atoms with van der Waals surface area (Å²) in [7, 11) is 0. The van der Waals surface area contributed by atoms with Gasteiger partial charge >= 0.3 is 0 Å². The highest BCUT2D eigenvalue weighted by molar-refractivity contribution is 7.09. The van der Waals surface area contributed by atoms with Gasteiger partial charge in [0, 0.05) is 30.2 Å². The van der Waals surface area contributed by atoms with Gasteiger partial charge in [-0.3, -0.25) is 9.89 Å². The van der Waals surface area contributed by atoms with E-state index in [1.165, 1.54) is 6.20 Å². The van der Waals surface area contributed by atoms with Gasteiger partial charge in [-0.2, -0.15) is 5.10 Å². The van der Waals surface area contributed by atoms with Gasteiger partial charge in [0.25, 0.3) is 5.91 Å². The van der Waals surface area contributed by atoms with Gasteiger partial charge in [-0.25, -0.2) is 4.98 Å². The SMILES string of the molecule is CC(CNC(=O)c1cn[nH]c1)c1nccs1. The van der Waals surface area contributed by atoms with Gasteiger partial charge in [-0.1, -0.05) is 6.92 Å². The van der Waals surface area contributed by atoms with Crippen molar-refractivity contribution < 1.29 is 4.79 Å². The van der Waals surface area contributed by atoms with Crippen molar-refractivity contribution in [1.82, 2.24) is 20.5 Å². The van der Waals surface area contributed by atoms with Crippen molar-refractivity contribution in [2.75, 3.05) is 6.54 Å². The molecule has 2 aromatic rings. The predicted octanol–water partition coefficient (Wildman–Crippen LogP) is 1.40. The molecule has 1 atom stereocenters. The Morgan fingerprint density at radius 3 is 3.19 bits per heavy atom. The van der Waals surface area contributed by atoms with Crippen LogP contribution in [-0.2, 0) is 0 Å². The van der Waals surface area contributed by atoms with Crippen LogP contribution in [0.1, 0.15) is 28.2 Å². The highest BCUT2D eigenvalue weighted by Gasteiger charge is 2.11. The maximum absolute atomic E-state index is 11.6. The first-order chi connectivity index (χ1) is 7.77. The minimum absolute atomic E-state index is 0.114. The van der Waals surface area contributed by atoms with Crippen molar-refractivity contribution in [3.05, 3.63) is 34.5 Å². The largest absolute Gasteiger partial charge is 0.351 e. The first-order valence-corrected chi connectivity index (χ1v) is 5.81. The Bertz CT molecular complexity index is 437. The van der Waals surface area contributed by atoms with Crippen molar-refractivity contribution >= 4 is 17.2 Å². The molecule has 0 aliphatic heterocycles. The topological polar surface area (TPSA) is 70.7 Å². The van der Waals surface area contributed by atoms with E-state index in [-0.39, 0.29) is 11.8 Å². The van der Waals surface area contributed by atoms with Gasteiger partial charge in [0.1, 0.15) is 0 Å². The molecular formula is C10H12N4OS. The first kappa shape index (κ1) is 10.8. The second kappa shape index (κ2) is 4.89. The zero-order valence-electron chi connectivity index (χ0n) is 8.80. The second-order valence-electron chi connectivity index (χ2n) is 3.47. The van der Waals surface area contributed by atoms with Crippen LogP contribution in [0, 0.1) is 0 Å². The molecule has 16 heavy (non-hydrogen) atoms. The van der Waals surface area contributed by atoms with Crippen LogP contribution < -0.4 is 5.32 Å². The van der Waals surface area contributed by atoms with E-state index in [0.29, 0.717) is 12.1 Å². The van der Waals surface area contributed by atoms with E-state index >= 15 is 0 Å². The number of rotatable bonds is 4. The monoisotopic (exact) mass is 236 g/mol. The Morgan fingerprint density at radius 2 is 2.56 bits per heavy atom. The van der Waals surface area contributed by atoms with Gasteiger partial charge in [0.05, 0.1) is 16.8 Å². The molecule has 2 aromatic heterocycles. The Labute approximate surface area is 96.9 Å². The van der Waals surface area contributed by atoms with Crippen LogP contribution in [0.4, 0.5) is 0 Å². The number of nitrogens with zero attached hydrogens (tertiary/aromatic N) is 2. The molecule has 6 heteroatoms. The number of carbonyl (C=O) groups is 1. The molecule has 0 radical (unpaired) electrons. The smallest absolute Gasteiger partial charge is 0.254 e. The summed E-state index contributed by atoms with van der Waals surface area (Å²) in [6.45, 7) is 2.62. The van der Waals surface area contributed by atoms with Crippen molar-refractivity contribution in [3.8, 4) is 0 Å². The van der Waals surface area contributed by atoms with Crippen molar-refractivity contribution in [2.45, 2.75) is 12.8 Å². The van der Waals surface area contributed by atoms with Crippen LogP contribution in [0.3, 0.4) is 0 Å². The number of aromatic amines is 1.